The molecule has 1 aromatic heterocycles. The summed E-state index contributed by atoms with van der Waals surface area (Å²) in [4.78, 5) is 26.1. The van der Waals surface area contributed by atoms with Crippen LogP contribution in [0.15, 0.2) is 24.4 Å². The number of hydrogen-bond acceptors (Lipinski definition) is 5. The maximum atomic E-state index is 11.6. The number of rotatable bonds is 5. The first-order valence-electron chi connectivity index (χ1n) is 4.94. The summed E-state index contributed by atoms with van der Waals surface area (Å²) in [6.07, 6.45) is 1.08. The summed E-state index contributed by atoms with van der Waals surface area (Å²) < 4.78 is 4.81. The summed E-state index contributed by atoms with van der Waals surface area (Å²) in [5.74, 6) is -0.523. The van der Waals surface area contributed by atoms with Crippen LogP contribution in [0.3, 0.4) is 0 Å². The molecule has 5 heteroatoms. The molecule has 0 fully saturated rings. The minimum atomic E-state index is -0.481. The van der Waals surface area contributed by atoms with E-state index in [1.165, 1.54) is 6.92 Å². The summed E-state index contributed by atoms with van der Waals surface area (Å²) in [7, 11) is 0. The number of carbonyl (C=O) groups is 2. The average Bonchev–Trinajstić information content (AvgIpc) is 2.26. The zero-order valence-electron chi connectivity index (χ0n) is 9.27. The molecule has 1 unspecified atom stereocenters. The lowest BCUT2D eigenvalue weighted by Crippen LogP contribution is -2.34. The van der Waals surface area contributed by atoms with E-state index in [-0.39, 0.29) is 18.3 Å². The Morgan fingerprint density at radius 1 is 1.50 bits per heavy atom. The molecule has 1 atom stereocenters. The normalized spacial score (nSPS) is 11.9. The monoisotopic (exact) mass is 222 g/mol. The first kappa shape index (κ1) is 12.3. The van der Waals surface area contributed by atoms with Gasteiger partial charge in [-0.05, 0) is 19.1 Å². The Kier molecular flexibility index (Phi) is 4.60. The van der Waals surface area contributed by atoms with Crippen LogP contribution in [-0.4, -0.2) is 29.5 Å². The number of carbonyl (C=O) groups excluding carboxylic acids is 2. The zero-order chi connectivity index (χ0) is 12.0. The van der Waals surface area contributed by atoms with Crippen molar-refractivity contribution in [3.63, 3.8) is 0 Å². The molecule has 0 bridgehead atoms. The molecule has 1 heterocycles. The third kappa shape index (κ3) is 4.18. The van der Waals surface area contributed by atoms with E-state index < -0.39 is 6.23 Å². The second-order valence-corrected chi connectivity index (χ2v) is 3.27. The predicted molar refractivity (Wildman–Crippen MR) is 57.8 cm³/mol. The molecule has 0 spiro atoms. The molecule has 1 N–H and O–H groups in total. The highest BCUT2D eigenvalue weighted by Gasteiger charge is 2.09. The lowest BCUT2D eigenvalue weighted by molar-refractivity contribution is -0.146. The second kappa shape index (κ2) is 5.97. The highest BCUT2D eigenvalue weighted by Crippen LogP contribution is 1.95. The number of ether oxygens (including phenoxy) is 1. The first-order valence-corrected chi connectivity index (χ1v) is 4.94. The molecule has 1 aromatic rings. The Bertz CT molecular complexity index is 365. The number of ketones is 1. The van der Waals surface area contributed by atoms with Gasteiger partial charge in [-0.15, -0.1) is 0 Å². The Morgan fingerprint density at radius 2 is 2.25 bits per heavy atom. The van der Waals surface area contributed by atoms with Crippen molar-refractivity contribution in [1.82, 2.24) is 10.3 Å². The highest BCUT2D eigenvalue weighted by molar-refractivity contribution is 5.95. The smallest absolute Gasteiger partial charge is 0.304 e. The van der Waals surface area contributed by atoms with E-state index in [2.05, 4.69) is 10.3 Å². The fourth-order valence-corrected chi connectivity index (χ4v) is 1.15. The van der Waals surface area contributed by atoms with Crippen LogP contribution in [0, 0.1) is 0 Å². The molecule has 0 aliphatic rings. The number of Topliss-reactive ketones (excluding diaryl/α,β-unsaturated/α-hetero) is 1. The molecule has 0 amide bonds. The van der Waals surface area contributed by atoms with E-state index in [0.717, 1.165) is 0 Å². The number of nitrogens with zero attached hydrogens (tertiary/aromatic N) is 1. The van der Waals surface area contributed by atoms with Gasteiger partial charge in [0.1, 0.15) is 5.69 Å². The number of esters is 1. The molecule has 16 heavy (non-hydrogen) atoms. The van der Waals surface area contributed by atoms with Gasteiger partial charge in [-0.2, -0.15) is 0 Å². The second-order valence-electron chi connectivity index (χ2n) is 3.27. The highest BCUT2D eigenvalue weighted by atomic mass is 16.6. The van der Waals surface area contributed by atoms with Gasteiger partial charge in [-0.1, -0.05) is 6.07 Å². The minimum absolute atomic E-state index is 0.0887. The summed E-state index contributed by atoms with van der Waals surface area (Å²) in [6.45, 7) is 3.07. The van der Waals surface area contributed by atoms with Crippen molar-refractivity contribution >= 4 is 11.8 Å². The third-order valence-corrected chi connectivity index (χ3v) is 1.84. The Morgan fingerprint density at radius 3 is 2.81 bits per heavy atom. The van der Waals surface area contributed by atoms with Crippen LogP contribution < -0.4 is 5.32 Å². The van der Waals surface area contributed by atoms with Crippen molar-refractivity contribution in [1.29, 1.82) is 0 Å². The molecular weight excluding hydrogens is 208 g/mol. The van der Waals surface area contributed by atoms with Gasteiger partial charge in [0.05, 0.1) is 6.54 Å². The quantitative estimate of drug-likeness (QED) is 0.452. The van der Waals surface area contributed by atoms with Gasteiger partial charge >= 0.3 is 5.97 Å². The van der Waals surface area contributed by atoms with Crippen LogP contribution in [0.2, 0.25) is 0 Å². The molecule has 1 rings (SSSR count). The van der Waals surface area contributed by atoms with Crippen molar-refractivity contribution in [3.8, 4) is 0 Å². The van der Waals surface area contributed by atoms with Gasteiger partial charge in [-0.25, -0.2) is 0 Å². The van der Waals surface area contributed by atoms with Gasteiger partial charge in [0.15, 0.2) is 12.0 Å². The Hall–Kier alpha value is -1.75. The van der Waals surface area contributed by atoms with Gasteiger partial charge in [-0.3, -0.25) is 19.9 Å². The van der Waals surface area contributed by atoms with Crippen LogP contribution in [0.4, 0.5) is 0 Å². The number of nitrogens with one attached hydrogen (secondary N) is 1. The molecule has 0 saturated carbocycles. The van der Waals surface area contributed by atoms with Crippen LogP contribution in [0.5, 0.6) is 0 Å². The molecule has 0 saturated heterocycles. The molecule has 5 nitrogen and oxygen atoms in total. The van der Waals surface area contributed by atoms with E-state index in [4.69, 9.17) is 4.74 Å². The molecular formula is C11H14N2O3. The van der Waals surface area contributed by atoms with Crippen molar-refractivity contribution in [2.24, 2.45) is 0 Å². The number of aromatic nitrogens is 1. The molecule has 0 radical (unpaired) electrons. The largest absolute Gasteiger partial charge is 0.447 e. The van der Waals surface area contributed by atoms with Gasteiger partial charge in [0.2, 0.25) is 0 Å². The molecule has 86 valence electrons. The minimum Gasteiger partial charge on any atom is -0.447 e. The fraction of sp³-hybridized carbons (Fsp3) is 0.364. The number of pyridine rings is 1. The van der Waals surface area contributed by atoms with E-state index in [0.29, 0.717) is 5.69 Å². The van der Waals surface area contributed by atoms with Crippen molar-refractivity contribution < 1.29 is 14.3 Å². The molecule has 0 aliphatic heterocycles. The summed E-state index contributed by atoms with van der Waals surface area (Å²) >= 11 is 0. The summed E-state index contributed by atoms with van der Waals surface area (Å²) in [5, 5.41) is 2.78. The van der Waals surface area contributed by atoms with Crippen LogP contribution in [-0.2, 0) is 9.53 Å². The lowest BCUT2D eigenvalue weighted by atomic mass is 10.2. The standard InChI is InChI=1S/C11H14N2O3/c1-8(16-9(2)14)13-7-11(15)10-5-3-4-6-12-10/h3-6,8,13H,7H2,1-2H3. The molecule has 0 aliphatic carbocycles. The third-order valence-electron chi connectivity index (χ3n) is 1.84. The topological polar surface area (TPSA) is 68.3 Å². The first-order chi connectivity index (χ1) is 7.59. The Labute approximate surface area is 93.8 Å². The molecule has 0 aromatic carbocycles. The summed E-state index contributed by atoms with van der Waals surface area (Å²) in [6, 6.07) is 5.13. The fourth-order valence-electron chi connectivity index (χ4n) is 1.15. The SMILES string of the molecule is CC(=O)OC(C)NCC(=O)c1ccccn1. The van der Waals surface area contributed by atoms with Crippen LogP contribution >= 0.6 is 0 Å². The number of hydrogen-bond donors (Lipinski definition) is 1. The van der Waals surface area contributed by atoms with E-state index in [1.807, 2.05) is 0 Å². The maximum Gasteiger partial charge on any atom is 0.304 e. The van der Waals surface area contributed by atoms with E-state index in [9.17, 15) is 9.59 Å². The van der Waals surface area contributed by atoms with Crippen LogP contribution in [0.25, 0.3) is 0 Å². The van der Waals surface area contributed by atoms with Gasteiger partial charge in [0.25, 0.3) is 0 Å². The van der Waals surface area contributed by atoms with Crippen molar-refractivity contribution in [2.45, 2.75) is 20.1 Å². The zero-order valence-corrected chi connectivity index (χ0v) is 9.27. The van der Waals surface area contributed by atoms with Crippen molar-refractivity contribution in [2.75, 3.05) is 6.54 Å². The van der Waals surface area contributed by atoms with Crippen LogP contribution in [0.1, 0.15) is 24.3 Å². The average molecular weight is 222 g/mol. The van der Waals surface area contributed by atoms with E-state index >= 15 is 0 Å². The van der Waals surface area contributed by atoms with E-state index in [1.54, 1.807) is 31.3 Å². The predicted octanol–water partition coefficient (Wildman–Crippen LogP) is 0.763. The Balaban J connectivity index is 2.39. The maximum absolute atomic E-state index is 11.6. The van der Waals surface area contributed by atoms with Crippen molar-refractivity contribution in [3.05, 3.63) is 30.1 Å². The van der Waals surface area contributed by atoms with Gasteiger partial charge < -0.3 is 4.74 Å². The summed E-state index contributed by atoms with van der Waals surface area (Å²) in [5.41, 5.74) is 0.394. The van der Waals surface area contributed by atoms with Gasteiger partial charge in [0, 0.05) is 13.1 Å². The lowest BCUT2D eigenvalue weighted by Gasteiger charge is -2.12.